The van der Waals surface area contributed by atoms with Crippen molar-refractivity contribution in [3.8, 4) is 16.9 Å². The van der Waals surface area contributed by atoms with E-state index in [2.05, 4.69) is 15.3 Å². The van der Waals surface area contributed by atoms with Crippen LogP contribution >= 0.6 is 0 Å². The maximum absolute atomic E-state index is 12.7. The molecule has 0 radical (unpaired) electrons. The van der Waals surface area contributed by atoms with E-state index in [4.69, 9.17) is 9.47 Å². The summed E-state index contributed by atoms with van der Waals surface area (Å²) in [6.07, 6.45) is 9.16. The lowest BCUT2D eigenvalue weighted by atomic mass is 10.0. The van der Waals surface area contributed by atoms with Gasteiger partial charge in [-0.1, -0.05) is 6.07 Å². The lowest BCUT2D eigenvalue weighted by Gasteiger charge is -2.21. The summed E-state index contributed by atoms with van der Waals surface area (Å²) in [5, 5.41) is 3.03. The summed E-state index contributed by atoms with van der Waals surface area (Å²) in [5.74, 6) is 1.40. The molecular weight excluding hydrogens is 368 g/mol. The number of amides is 1. The fraction of sp³-hybridized carbons (Fsp3) is 0.409. The van der Waals surface area contributed by atoms with Gasteiger partial charge in [-0.15, -0.1) is 0 Å². The van der Waals surface area contributed by atoms with Crippen LogP contribution in [-0.2, 0) is 4.74 Å². The number of pyridine rings is 2. The molecule has 152 valence electrons. The molecule has 0 saturated carbocycles. The van der Waals surface area contributed by atoms with Crippen molar-refractivity contribution < 1.29 is 14.3 Å². The van der Waals surface area contributed by atoms with Gasteiger partial charge in [0.25, 0.3) is 5.91 Å². The molecule has 7 nitrogen and oxygen atoms in total. The van der Waals surface area contributed by atoms with E-state index >= 15 is 0 Å². The highest BCUT2D eigenvalue weighted by molar-refractivity contribution is 5.92. The zero-order valence-corrected chi connectivity index (χ0v) is 16.8. The molecule has 4 rings (SSSR count). The maximum atomic E-state index is 12.7. The van der Waals surface area contributed by atoms with E-state index < -0.39 is 0 Å². The highest BCUT2D eigenvalue weighted by Crippen LogP contribution is 2.24. The summed E-state index contributed by atoms with van der Waals surface area (Å²) >= 11 is 0. The number of aromatic nitrogens is 3. The first-order chi connectivity index (χ1) is 14.1. The van der Waals surface area contributed by atoms with E-state index in [1.54, 1.807) is 18.6 Å². The van der Waals surface area contributed by atoms with Gasteiger partial charge < -0.3 is 14.8 Å². The largest absolute Gasteiger partial charge is 0.489 e. The summed E-state index contributed by atoms with van der Waals surface area (Å²) < 4.78 is 12.9. The second-order valence-corrected chi connectivity index (χ2v) is 7.64. The average molecular weight is 394 g/mol. The first-order valence-electron chi connectivity index (χ1n) is 10.1. The van der Waals surface area contributed by atoms with Gasteiger partial charge in [0.1, 0.15) is 5.75 Å². The Morgan fingerprint density at radius 1 is 1.24 bits per heavy atom. The number of hydrogen-bond acceptors (Lipinski definition) is 5. The summed E-state index contributed by atoms with van der Waals surface area (Å²) in [4.78, 5) is 21.3. The zero-order valence-electron chi connectivity index (χ0n) is 16.8. The fourth-order valence-corrected chi connectivity index (χ4v) is 3.51. The molecule has 1 amide bonds. The molecule has 0 aliphatic carbocycles. The van der Waals surface area contributed by atoms with E-state index in [0.717, 1.165) is 48.4 Å². The van der Waals surface area contributed by atoms with Gasteiger partial charge in [-0.25, -0.2) is 4.98 Å². The monoisotopic (exact) mass is 394 g/mol. The zero-order chi connectivity index (χ0) is 20.2. The van der Waals surface area contributed by atoms with Gasteiger partial charge in [0.2, 0.25) is 5.82 Å². The van der Waals surface area contributed by atoms with Gasteiger partial charge in [-0.3, -0.25) is 14.2 Å². The number of rotatable bonds is 6. The number of ether oxygens (including phenoxy) is 2. The van der Waals surface area contributed by atoms with Gasteiger partial charge in [-0.2, -0.15) is 0 Å². The Labute approximate surface area is 170 Å². The Balaban J connectivity index is 1.55. The number of carbonyl (C=O) groups excluding carboxylic acids is 1. The Hall–Kier alpha value is -2.93. The van der Waals surface area contributed by atoms with Crippen LogP contribution in [0.3, 0.4) is 0 Å². The average Bonchev–Trinajstić information content (AvgIpc) is 3.16. The molecule has 3 aromatic rings. The summed E-state index contributed by atoms with van der Waals surface area (Å²) in [7, 11) is 0. The molecule has 7 heteroatoms. The van der Waals surface area contributed by atoms with Gasteiger partial charge in [0, 0.05) is 43.3 Å². The molecule has 0 spiro atoms. The van der Waals surface area contributed by atoms with Crippen LogP contribution in [0.5, 0.6) is 5.75 Å². The van der Waals surface area contributed by atoms with E-state index in [-0.39, 0.29) is 12.0 Å². The van der Waals surface area contributed by atoms with Crippen LogP contribution in [0.15, 0.2) is 43.0 Å². The predicted octanol–water partition coefficient (Wildman–Crippen LogP) is 3.34. The Kier molecular flexibility index (Phi) is 5.76. The molecule has 1 aliphatic rings. The van der Waals surface area contributed by atoms with Crippen molar-refractivity contribution in [2.75, 3.05) is 19.8 Å². The van der Waals surface area contributed by atoms with E-state index in [0.29, 0.717) is 18.3 Å². The number of nitrogens with one attached hydrogen (secondary N) is 1. The Bertz CT molecular complexity index is 993. The van der Waals surface area contributed by atoms with E-state index in [9.17, 15) is 4.79 Å². The van der Waals surface area contributed by atoms with Crippen molar-refractivity contribution in [3.05, 3.63) is 48.8 Å². The van der Waals surface area contributed by atoms with Crippen LogP contribution in [-0.4, -0.2) is 46.1 Å². The number of fused-ring (bicyclic) bond motifs is 1. The molecule has 0 atom stereocenters. The van der Waals surface area contributed by atoms with Gasteiger partial charge >= 0.3 is 0 Å². The fourth-order valence-electron chi connectivity index (χ4n) is 3.51. The van der Waals surface area contributed by atoms with Crippen LogP contribution in [0.2, 0.25) is 0 Å². The van der Waals surface area contributed by atoms with Crippen molar-refractivity contribution in [3.63, 3.8) is 0 Å². The molecule has 1 saturated heterocycles. The minimum absolute atomic E-state index is 0.0780. The Morgan fingerprint density at radius 3 is 2.86 bits per heavy atom. The molecule has 4 heterocycles. The third-order valence-corrected chi connectivity index (χ3v) is 5.04. The molecule has 0 aromatic carbocycles. The summed E-state index contributed by atoms with van der Waals surface area (Å²) in [5.41, 5.74) is 2.73. The van der Waals surface area contributed by atoms with Crippen molar-refractivity contribution in [2.45, 2.75) is 32.8 Å². The molecular formula is C22H26N4O3. The van der Waals surface area contributed by atoms with Crippen LogP contribution in [0.25, 0.3) is 16.6 Å². The first kappa shape index (κ1) is 19.4. The van der Waals surface area contributed by atoms with Gasteiger partial charge in [0.15, 0.2) is 0 Å². The highest BCUT2D eigenvalue weighted by atomic mass is 16.5. The second kappa shape index (κ2) is 8.61. The number of nitrogens with zero attached hydrogens (tertiary/aromatic N) is 3. The normalized spacial score (nSPS) is 15.0. The number of imidazole rings is 1. The third-order valence-electron chi connectivity index (χ3n) is 5.04. The molecule has 1 aliphatic heterocycles. The van der Waals surface area contributed by atoms with Crippen LogP contribution in [0.4, 0.5) is 0 Å². The van der Waals surface area contributed by atoms with Crippen molar-refractivity contribution in [2.24, 2.45) is 5.92 Å². The molecule has 0 bridgehead atoms. The van der Waals surface area contributed by atoms with Crippen LogP contribution in [0.1, 0.15) is 37.3 Å². The van der Waals surface area contributed by atoms with E-state index in [1.165, 1.54) is 0 Å². The quantitative estimate of drug-likeness (QED) is 0.694. The Morgan fingerprint density at radius 2 is 2.07 bits per heavy atom. The lowest BCUT2D eigenvalue weighted by Crippen LogP contribution is -2.33. The summed E-state index contributed by atoms with van der Waals surface area (Å²) in [6, 6.07) is 5.90. The molecule has 1 N–H and O–H groups in total. The van der Waals surface area contributed by atoms with Crippen LogP contribution < -0.4 is 10.1 Å². The van der Waals surface area contributed by atoms with E-state index in [1.807, 2.05) is 42.6 Å². The predicted molar refractivity (Wildman–Crippen MR) is 110 cm³/mol. The topological polar surface area (TPSA) is 77.8 Å². The maximum Gasteiger partial charge on any atom is 0.287 e. The van der Waals surface area contributed by atoms with Crippen molar-refractivity contribution in [1.29, 1.82) is 0 Å². The standard InChI is InChI=1S/C22H26N4O3/c1-15(2)29-20-9-18(11-23-13-20)17-3-4-19-12-24-21(26(19)14-17)22(27)25-10-16-5-7-28-8-6-16/h3-4,9,11-16H,5-8,10H2,1-2H3,(H,25,27). The van der Waals surface area contributed by atoms with Gasteiger partial charge in [0.05, 0.1) is 24.0 Å². The number of hydrogen-bond donors (Lipinski definition) is 1. The van der Waals surface area contributed by atoms with Crippen molar-refractivity contribution >= 4 is 11.4 Å². The smallest absolute Gasteiger partial charge is 0.287 e. The third kappa shape index (κ3) is 4.56. The van der Waals surface area contributed by atoms with Gasteiger partial charge in [-0.05, 0) is 44.7 Å². The minimum atomic E-state index is -0.163. The lowest BCUT2D eigenvalue weighted by molar-refractivity contribution is 0.0641. The molecule has 3 aromatic heterocycles. The molecule has 0 unspecified atom stereocenters. The minimum Gasteiger partial charge on any atom is -0.489 e. The number of carbonyl (C=O) groups is 1. The highest BCUT2D eigenvalue weighted by Gasteiger charge is 2.18. The summed E-state index contributed by atoms with van der Waals surface area (Å²) in [6.45, 7) is 6.15. The molecule has 29 heavy (non-hydrogen) atoms. The van der Waals surface area contributed by atoms with Crippen LogP contribution in [0, 0.1) is 5.92 Å². The second-order valence-electron chi connectivity index (χ2n) is 7.64. The van der Waals surface area contributed by atoms with Crippen molar-refractivity contribution in [1.82, 2.24) is 19.7 Å². The first-order valence-corrected chi connectivity index (χ1v) is 10.1. The molecule has 1 fully saturated rings. The SMILES string of the molecule is CC(C)Oc1cncc(-c2ccc3cnc(C(=O)NCC4CCOCC4)n3c2)c1.